The van der Waals surface area contributed by atoms with Gasteiger partial charge in [-0.1, -0.05) is 32.0 Å². The minimum absolute atomic E-state index is 0.315. The number of phenols is 1. The second-order valence-electron chi connectivity index (χ2n) is 4.35. The Labute approximate surface area is 113 Å². The van der Waals surface area contributed by atoms with E-state index in [9.17, 15) is 5.11 Å². The van der Waals surface area contributed by atoms with Gasteiger partial charge in [0.1, 0.15) is 5.75 Å². The van der Waals surface area contributed by atoms with Crippen LogP contribution in [0, 0.1) is 0 Å². The Balaban J connectivity index is 2.27. The summed E-state index contributed by atoms with van der Waals surface area (Å²) in [5, 5.41) is 18.2. The molecule has 0 aromatic heterocycles. The van der Waals surface area contributed by atoms with Crippen molar-refractivity contribution in [2.75, 3.05) is 0 Å². The van der Waals surface area contributed by atoms with Crippen LogP contribution < -0.4 is 0 Å². The molecule has 0 bridgehead atoms. The highest BCUT2D eigenvalue weighted by Crippen LogP contribution is 2.26. The van der Waals surface area contributed by atoms with Gasteiger partial charge in [0.2, 0.25) is 0 Å². The molecule has 2 aromatic carbocycles. The Morgan fingerprint density at radius 3 is 2.37 bits per heavy atom. The van der Waals surface area contributed by atoms with Crippen molar-refractivity contribution in [1.29, 1.82) is 0 Å². The van der Waals surface area contributed by atoms with Gasteiger partial charge in [-0.3, -0.25) is 0 Å². The molecule has 3 nitrogen and oxygen atoms in total. The number of aryl methyl sites for hydroxylation is 2. The Morgan fingerprint density at radius 1 is 0.895 bits per heavy atom. The number of aromatic hydroxyl groups is 1. The van der Waals surface area contributed by atoms with Crippen LogP contribution in [0.25, 0.3) is 0 Å². The van der Waals surface area contributed by atoms with Gasteiger partial charge in [0, 0.05) is 0 Å². The first kappa shape index (κ1) is 13.3. The zero-order valence-corrected chi connectivity index (χ0v) is 11.3. The van der Waals surface area contributed by atoms with Crippen molar-refractivity contribution in [3.8, 4) is 5.75 Å². The summed E-state index contributed by atoms with van der Waals surface area (Å²) in [6.45, 7) is 4.10. The van der Waals surface area contributed by atoms with Gasteiger partial charge in [0.05, 0.1) is 11.4 Å². The van der Waals surface area contributed by atoms with E-state index in [1.165, 1.54) is 5.56 Å². The van der Waals surface area contributed by atoms with Crippen molar-refractivity contribution in [2.24, 2.45) is 10.2 Å². The lowest BCUT2D eigenvalue weighted by atomic mass is 10.1. The summed E-state index contributed by atoms with van der Waals surface area (Å²) < 4.78 is 0. The average molecular weight is 254 g/mol. The molecule has 3 heteroatoms. The molecule has 0 fully saturated rings. The van der Waals surface area contributed by atoms with E-state index in [0.717, 1.165) is 29.8 Å². The highest BCUT2D eigenvalue weighted by Gasteiger charge is 2.01. The molecule has 0 saturated carbocycles. The predicted molar refractivity (Wildman–Crippen MR) is 77.5 cm³/mol. The van der Waals surface area contributed by atoms with E-state index in [0.29, 0.717) is 5.75 Å². The molecule has 0 atom stereocenters. The number of hydrogen-bond donors (Lipinski definition) is 1. The van der Waals surface area contributed by atoms with Gasteiger partial charge in [0.25, 0.3) is 0 Å². The Bertz CT molecular complexity index is 591. The smallest absolute Gasteiger partial charge is 0.118 e. The molecule has 0 radical (unpaired) electrons. The van der Waals surface area contributed by atoms with Crippen LogP contribution in [0.4, 0.5) is 11.4 Å². The van der Waals surface area contributed by atoms with Gasteiger partial charge in [0.15, 0.2) is 0 Å². The first-order chi connectivity index (χ1) is 9.24. The van der Waals surface area contributed by atoms with Gasteiger partial charge >= 0.3 is 0 Å². The van der Waals surface area contributed by atoms with Crippen LogP contribution in [0.1, 0.15) is 25.0 Å². The maximum absolute atomic E-state index is 9.63. The summed E-state index contributed by atoms with van der Waals surface area (Å²) in [4.78, 5) is 0. The van der Waals surface area contributed by atoms with Crippen molar-refractivity contribution in [3.63, 3.8) is 0 Å². The molecule has 2 aromatic rings. The molecule has 0 heterocycles. The van der Waals surface area contributed by atoms with Crippen LogP contribution >= 0.6 is 0 Å². The number of rotatable bonds is 4. The van der Waals surface area contributed by atoms with Crippen molar-refractivity contribution < 1.29 is 5.11 Å². The summed E-state index contributed by atoms with van der Waals surface area (Å²) in [5.74, 6) is 0.315. The molecular weight excluding hydrogens is 236 g/mol. The fourth-order valence-electron chi connectivity index (χ4n) is 1.94. The lowest BCUT2D eigenvalue weighted by Gasteiger charge is -2.03. The molecule has 19 heavy (non-hydrogen) atoms. The zero-order valence-electron chi connectivity index (χ0n) is 11.3. The first-order valence-electron chi connectivity index (χ1n) is 6.56. The number of azo groups is 1. The van der Waals surface area contributed by atoms with Crippen molar-refractivity contribution >= 4 is 11.4 Å². The van der Waals surface area contributed by atoms with Crippen LogP contribution in [0.5, 0.6) is 5.75 Å². The summed E-state index contributed by atoms with van der Waals surface area (Å²) in [6, 6.07) is 13.3. The molecule has 0 aliphatic rings. The summed E-state index contributed by atoms with van der Waals surface area (Å²) in [5.41, 5.74) is 3.73. The molecule has 0 unspecified atom stereocenters. The Kier molecular flexibility index (Phi) is 4.29. The highest BCUT2D eigenvalue weighted by molar-refractivity contribution is 5.49. The monoisotopic (exact) mass is 254 g/mol. The van der Waals surface area contributed by atoms with E-state index in [1.807, 2.05) is 31.2 Å². The quantitative estimate of drug-likeness (QED) is 0.772. The third kappa shape index (κ3) is 3.19. The van der Waals surface area contributed by atoms with Gasteiger partial charge in [-0.25, -0.2) is 0 Å². The fourth-order valence-corrected chi connectivity index (χ4v) is 1.94. The molecule has 0 amide bonds. The fraction of sp³-hybridized carbons (Fsp3) is 0.250. The van der Waals surface area contributed by atoms with E-state index in [1.54, 1.807) is 12.1 Å². The molecule has 0 spiro atoms. The van der Waals surface area contributed by atoms with E-state index in [4.69, 9.17) is 0 Å². The molecule has 0 aliphatic carbocycles. The van der Waals surface area contributed by atoms with Crippen molar-refractivity contribution in [2.45, 2.75) is 26.7 Å². The van der Waals surface area contributed by atoms with Crippen LogP contribution in [0.15, 0.2) is 52.7 Å². The van der Waals surface area contributed by atoms with Gasteiger partial charge in [-0.15, -0.1) is 0 Å². The van der Waals surface area contributed by atoms with Gasteiger partial charge in [-0.05, 0) is 48.2 Å². The highest BCUT2D eigenvalue weighted by atomic mass is 16.3. The molecule has 98 valence electrons. The van der Waals surface area contributed by atoms with E-state index >= 15 is 0 Å². The minimum atomic E-state index is 0.315. The summed E-state index contributed by atoms with van der Waals surface area (Å²) in [6.07, 6.45) is 1.71. The number of hydrogen-bond acceptors (Lipinski definition) is 3. The van der Waals surface area contributed by atoms with Gasteiger partial charge in [-0.2, -0.15) is 10.2 Å². The van der Waals surface area contributed by atoms with Crippen LogP contribution in [-0.2, 0) is 12.8 Å². The molecular formula is C16H18N2O. The van der Waals surface area contributed by atoms with Crippen LogP contribution in [-0.4, -0.2) is 5.11 Å². The largest absolute Gasteiger partial charge is 0.508 e. The Hall–Kier alpha value is -2.16. The number of phenolic OH excluding ortho intramolecular Hbond substituents is 1. The lowest BCUT2D eigenvalue weighted by Crippen LogP contribution is -1.81. The van der Waals surface area contributed by atoms with E-state index < -0.39 is 0 Å². The minimum Gasteiger partial charge on any atom is -0.508 e. The standard InChI is InChI=1S/C16H18N2O/c1-3-12-7-5-6-8-15(12)18-17-14-9-10-16(19)13(4-2)11-14/h5-11,19H,3-4H2,1-2H3. The topological polar surface area (TPSA) is 45.0 Å². The zero-order chi connectivity index (χ0) is 13.7. The van der Waals surface area contributed by atoms with E-state index in [-0.39, 0.29) is 0 Å². The summed E-state index contributed by atoms with van der Waals surface area (Å²) >= 11 is 0. The van der Waals surface area contributed by atoms with Crippen LogP contribution in [0.3, 0.4) is 0 Å². The number of nitrogens with zero attached hydrogens (tertiary/aromatic N) is 2. The second-order valence-corrected chi connectivity index (χ2v) is 4.35. The average Bonchev–Trinajstić information content (AvgIpc) is 2.46. The maximum atomic E-state index is 9.63. The van der Waals surface area contributed by atoms with Crippen molar-refractivity contribution in [1.82, 2.24) is 0 Å². The third-order valence-electron chi connectivity index (χ3n) is 3.09. The third-order valence-corrected chi connectivity index (χ3v) is 3.09. The van der Waals surface area contributed by atoms with Gasteiger partial charge < -0.3 is 5.11 Å². The molecule has 1 N–H and O–H groups in total. The Morgan fingerprint density at radius 2 is 1.63 bits per heavy atom. The normalized spacial score (nSPS) is 11.1. The SMILES string of the molecule is CCc1cc(N=Nc2ccccc2CC)ccc1O. The van der Waals surface area contributed by atoms with Crippen LogP contribution in [0.2, 0.25) is 0 Å². The second kappa shape index (κ2) is 6.14. The molecule has 0 saturated heterocycles. The molecule has 0 aliphatic heterocycles. The van der Waals surface area contributed by atoms with Crippen molar-refractivity contribution in [3.05, 3.63) is 53.6 Å². The predicted octanol–water partition coefficient (Wildman–Crippen LogP) is 4.93. The maximum Gasteiger partial charge on any atom is 0.118 e. The van der Waals surface area contributed by atoms with E-state index in [2.05, 4.69) is 23.2 Å². The molecule has 2 rings (SSSR count). The summed E-state index contributed by atoms with van der Waals surface area (Å²) in [7, 11) is 0. The number of benzene rings is 2. The lowest BCUT2D eigenvalue weighted by molar-refractivity contribution is 0.469. The first-order valence-corrected chi connectivity index (χ1v) is 6.56.